The molecule has 0 radical (unpaired) electrons. The van der Waals surface area contributed by atoms with Gasteiger partial charge in [-0.2, -0.15) is 0 Å². The van der Waals surface area contributed by atoms with Gasteiger partial charge in [-0.1, -0.05) is 37.0 Å². The highest BCUT2D eigenvalue weighted by Gasteiger charge is 2.48. The third-order valence-electron chi connectivity index (χ3n) is 4.01. The number of carbonyl (C=O) groups is 2. The van der Waals surface area contributed by atoms with Crippen molar-refractivity contribution in [1.82, 2.24) is 4.90 Å². The molecule has 1 aliphatic heterocycles. The molecule has 4 nitrogen and oxygen atoms in total. The van der Waals surface area contributed by atoms with Crippen LogP contribution >= 0.6 is 34.5 Å². The fourth-order valence-electron chi connectivity index (χ4n) is 2.56. The van der Waals surface area contributed by atoms with Crippen molar-refractivity contribution in [2.24, 2.45) is 11.3 Å². The van der Waals surface area contributed by atoms with Gasteiger partial charge in [0.2, 0.25) is 0 Å². The van der Waals surface area contributed by atoms with Gasteiger partial charge in [0.1, 0.15) is 4.34 Å². The average molecular weight is 336 g/mol. The molecule has 0 aliphatic carbocycles. The van der Waals surface area contributed by atoms with Crippen LogP contribution in [0.4, 0.5) is 0 Å². The zero-order valence-electron chi connectivity index (χ0n) is 11.2. The van der Waals surface area contributed by atoms with Gasteiger partial charge < -0.3 is 10.0 Å². The molecule has 1 atom stereocenters. The number of hydrogen-bond acceptors (Lipinski definition) is 3. The van der Waals surface area contributed by atoms with E-state index in [-0.39, 0.29) is 18.4 Å². The number of amides is 1. The maximum Gasteiger partial charge on any atom is 0.311 e. The Morgan fingerprint density at radius 1 is 1.45 bits per heavy atom. The zero-order chi connectivity index (χ0) is 15.1. The number of halogens is 2. The number of rotatable bonds is 3. The standard InChI is InChI=1S/C13H15Cl2NO3S/c1-7(2)13(12(18)19)3-4-16(6-13)11(17)8-5-9(14)20-10(8)15/h5,7H,3-4,6H2,1-2H3,(H,18,19). The number of carbonyl (C=O) groups excluding carboxylic acids is 1. The van der Waals surface area contributed by atoms with Crippen molar-refractivity contribution in [2.75, 3.05) is 13.1 Å². The van der Waals surface area contributed by atoms with Crippen LogP contribution in [0.2, 0.25) is 8.67 Å². The summed E-state index contributed by atoms with van der Waals surface area (Å²) in [5.41, 5.74) is -0.520. The Hall–Kier alpha value is -0.780. The molecule has 1 saturated heterocycles. The first-order valence-corrected chi connectivity index (χ1v) is 7.82. The molecule has 1 aromatic rings. The summed E-state index contributed by atoms with van der Waals surface area (Å²) in [6.07, 6.45) is 0.460. The van der Waals surface area contributed by atoms with Crippen LogP contribution in [0.5, 0.6) is 0 Å². The van der Waals surface area contributed by atoms with Crippen LogP contribution in [-0.2, 0) is 4.79 Å². The maximum atomic E-state index is 12.4. The highest BCUT2D eigenvalue weighted by Crippen LogP contribution is 2.40. The number of thiophene rings is 1. The first-order chi connectivity index (χ1) is 9.28. The fraction of sp³-hybridized carbons (Fsp3) is 0.538. The van der Waals surface area contributed by atoms with Gasteiger partial charge in [-0.25, -0.2) is 0 Å². The fourth-order valence-corrected chi connectivity index (χ4v) is 4.00. The lowest BCUT2D eigenvalue weighted by Crippen LogP contribution is -2.40. The first-order valence-electron chi connectivity index (χ1n) is 6.25. The van der Waals surface area contributed by atoms with Crippen LogP contribution in [0.3, 0.4) is 0 Å². The molecule has 7 heteroatoms. The summed E-state index contributed by atoms with van der Waals surface area (Å²) in [6, 6.07) is 1.53. The molecule has 1 unspecified atom stereocenters. The molecular weight excluding hydrogens is 321 g/mol. The Labute approximate surface area is 131 Å². The van der Waals surface area contributed by atoms with Crippen LogP contribution in [0.15, 0.2) is 6.07 Å². The number of nitrogens with zero attached hydrogens (tertiary/aromatic N) is 1. The molecule has 110 valence electrons. The van der Waals surface area contributed by atoms with Crippen LogP contribution < -0.4 is 0 Å². The minimum absolute atomic E-state index is 0.0423. The highest BCUT2D eigenvalue weighted by molar-refractivity contribution is 7.20. The van der Waals surface area contributed by atoms with E-state index in [4.69, 9.17) is 23.2 Å². The Kier molecular flexibility index (Phi) is 4.33. The molecule has 1 aromatic heterocycles. The smallest absolute Gasteiger partial charge is 0.311 e. The lowest BCUT2D eigenvalue weighted by Gasteiger charge is -2.28. The molecule has 0 spiro atoms. The zero-order valence-corrected chi connectivity index (χ0v) is 13.5. The maximum absolute atomic E-state index is 12.4. The Balaban J connectivity index is 2.23. The van der Waals surface area contributed by atoms with E-state index in [1.807, 2.05) is 13.8 Å². The molecule has 2 rings (SSSR count). The van der Waals surface area contributed by atoms with E-state index in [1.165, 1.54) is 6.07 Å². The normalized spacial score (nSPS) is 22.6. The molecular formula is C13H15Cl2NO3S. The molecule has 0 aromatic carbocycles. The minimum atomic E-state index is -0.873. The van der Waals surface area contributed by atoms with E-state index in [0.717, 1.165) is 11.3 Å². The van der Waals surface area contributed by atoms with Crippen molar-refractivity contribution < 1.29 is 14.7 Å². The topological polar surface area (TPSA) is 57.6 Å². The number of hydrogen-bond donors (Lipinski definition) is 1. The van der Waals surface area contributed by atoms with Gasteiger partial charge in [-0.05, 0) is 18.4 Å². The van der Waals surface area contributed by atoms with Crippen molar-refractivity contribution in [2.45, 2.75) is 20.3 Å². The third-order valence-corrected chi connectivity index (χ3v) is 5.49. The van der Waals surface area contributed by atoms with Crippen molar-refractivity contribution in [3.63, 3.8) is 0 Å². The first kappa shape index (κ1) is 15.6. The average Bonchev–Trinajstić information content (AvgIpc) is 2.93. The molecule has 1 fully saturated rings. The van der Waals surface area contributed by atoms with Gasteiger partial charge in [-0.3, -0.25) is 9.59 Å². The van der Waals surface area contributed by atoms with E-state index < -0.39 is 11.4 Å². The van der Waals surface area contributed by atoms with E-state index in [9.17, 15) is 14.7 Å². The number of likely N-dealkylation sites (tertiary alicyclic amines) is 1. The highest BCUT2D eigenvalue weighted by atomic mass is 35.5. The van der Waals surface area contributed by atoms with E-state index in [1.54, 1.807) is 4.90 Å². The summed E-state index contributed by atoms with van der Waals surface area (Å²) in [6.45, 7) is 4.38. The van der Waals surface area contributed by atoms with Crippen molar-refractivity contribution in [3.05, 3.63) is 20.3 Å². The molecule has 20 heavy (non-hydrogen) atoms. The van der Waals surface area contributed by atoms with Crippen LogP contribution in [0.25, 0.3) is 0 Å². The van der Waals surface area contributed by atoms with Gasteiger partial charge >= 0.3 is 5.97 Å². The predicted octanol–water partition coefficient (Wildman–Crippen LogP) is 3.63. The van der Waals surface area contributed by atoms with Crippen LogP contribution in [0, 0.1) is 11.3 Å². The second kappa shape index (κ2) is 5.54. The van der Waals surface area contributed by atoms with E-state index in [0.29, 0.717) is 27.2 Å². The van der Waals surface area contributed by atoms with Crippen molar-refractivity contribution in [3.8, 4) is 0 Å². The van der Waals surface area contributed by atoms with Gasteiger partial charge in [0.05, 0.1) is 15.3 Å². The predicted molar refractivity (Wildman–Crippen MR) is 79.8 cm³/mol. The number of carboxylic acids is 1. The lowest BCUT2D eigenvalue weighted by molar-refractivity contribution is -0.150. The second-order valence-electron chi connectivity index (χ2n) is 5.33. The summed E-state index contributed by atoms with van der Waals surface area (Å²) in [5.74, 6) is -1.14. The quantitative estimate of drug-likeness (QED) is 0.917. The van der Waals surface area contributed by atoms with Crippen LogP contribution in [0.1, 0.15) is 30.6 Å². The summed E-state index contributed by atoms with van der Waals surface area (Å²) in [7, 11) is 0. The summed E-state index contributed by atoms with van der Waals surface area (Å²) < 4.78 is 0.795. The van der Waals surface area contributed by atoms with Gasteiger partial charge in [-0.15, -0.1) is 11.3 Å². The summed E-state index contributed by atoms with van der Waals surface area (Å²) in [4.78, 5) is 25.5. The van der Waals surface area contributed by atoms with E-state index in [2.05, 4.69) is 0 Å². The summed E-state index contributed by atoms with van der Waals surface area (Å²) in [5, 5.41) is 9.48. The van der Waals surface area contributed by atoms with E-state index >= 15 is 0 Å². The second-order valence-corrected chi connectivity index (χ2v) is 7.62. The van der Waals surface area contributed by atoms with Gasteiger partial charge in [0.25, 0.3) is 5.91 Å². The van der Waals surface area contributed by atoms with Crippen molar-refractivity contribution in [1.29, 1.82) is 0 Å². The SMILES string of the molecule is CC(C)C1(C(=O)O)CCN(C(=O)c2cc(Cl)sc2Cl)C1. The Morgan fingerprint density at radius 2 is 2.10 bits per heavy atom. The number of aliphatic carboxylic acids is 1. The molecule has 0 bridgehead atoms. The molecule has 1 amide bonds. The molecule has 0 saturated carbocycles. The lowest BCUT2D eigenvalue weighted by atomic mass is 9.76. The third kappa shape index (κ3) is 2.54. The molecule has 2 heterocycles. The molecule has 1 N–H and O–H groups in total. The minimum Gasteiger partial charge on any atom is -0.481 e. The largest absolute Gasteiger partial charge is 0.481 e. The Morgan fingerprint density at radius 3 is 2.50 bits per heavy atom. The van der Waals surface area contributed by atoms with Gasteiger partial charge in [0, 0.05) is 13.1 Å². The summed E-state index contributed by atoms with van der Waals surface area (Å²) >= 11 is 13.0. The number of carboxylic acid groups (broad SMARTS) is 1. The molecule has 1 aliphatic rings. The van der Waals surface area contributed by atoms with Crippen molar-refractivity contribution >= 4 is 46.4 Å². The monoisotopic (exact) mass is 335 g/mol. The Bertz CT molecular complexity index is 558. The van der Waals surface area contributed by atoms with Crippen LogP contribution in [-0.4, -0.2) is 35.0 Å². The van der Waals surface area contributed by atoms with Gasteiger partial charge in [0.15, 0.2) is 0 Å².